The first-order chi connectivity index (χ1) is 10.0. The van der Waals surface area contributed by atoms with Gasteiger partial charge in [0.05, 0.1) is 4.90 Å². The monoisotopic (exact) mass is 312 g/mol. The van der Waals surface area contributed by atoms with Crippen LogP contribution >= 0.6 is 0 Å². The highest BCUT2D eigenvalue weighted by Crippen LogP contribution is 2.36. The van der Waals surface area contributed by atoms with Gasteiger partial charge in [-0.2, -0.15) is 4.31 Å². The minimum atomic E-state index is -3.66. The number of nitrogens with two attached hydrogens (primary N) is 1. The Morgan fingerprint density at radius 3 is 2.19 bits per heavy atom. The third-order valence-electron chi connectivity index (χ3n) is 4.18. The summed E-state index contributed by atoms with van der Waals surface area (Å²) >= 11 is 0. The van der Waals surface area contributed by atoms with Crippen LogP contribution in [0.1, 0.15) is 31.2 Å². The number of benzene rings is 1. The largest absolute Gasteiger partial charge is 0.326 e. The van der Waals surface area contributed by atoms with Crippen LogP contribution < -0.4 is 5.73 Å². The molecule has 0 unspecified atom stereocenters. The van der Waals surface area contributed by atoms with Crippen molar-refractivity contribution in [2.24, 2.45) is 17.6 Å². The third-order valence-corrected chi connectivity index (χ3v) is 6.10. The Kier molecular flexibility index (Phi) is 4.03. The van der Waals surface area contributed by atoms with Gasteiger partial charge in [-0.05, 0) is 55.2 Å². The maximum atomic E-state index is 13.5. The Morgan fingerprint density at radius 1 is 1.14 bits per heavy atom. The Morgan fingerprint density at radius 2 is 1.71 bits per heavy atom. The lowest BCUT2D eigenvalue weighted by atomic mass is 10.2. The van der Waals surface area contributed by atoms with Crippen molar-refractivity contribution in [2.75, 3.05) is 13.1 Å². The summed E-state index contributed by atoms with van der Waals surface area (Å²) in [5.74, 6) is 0.394. The predicted molar refractivity (Wildman–Crippen MR) is 78.5 cm³/mol. The number of hydrogen-bond donors (Lipinski definition) is 1. The van der Waals surface area contributed by atoms with Crippen LogP contribution in [0.5, 0.6) is 0 Å². The molecule has 1 aromatic rings. The Bertz CT molecular complexity index is 611. The third kappa shape index (κ3) is 3.44. The molecule has 21 heavy (non-hydrogen) atoms. The summed E-state index contributed by atoms with van der Waals surface area (Å²) in [7, 11) is -3.66. The lowest BCUT2D eigenvalue weighted by Gasteiger charge is -2.23. The highest BCUT2D eigenvalue weighted by Gasteiger charge is 2.36. The van der Waals surface area contributed by atoms with Crippen LogP contribution in [0, 0.1) is 17.7 Å². The van der Waals surface area contributed by atoms with Gasteiger partial charge in [0.1, 0.15) is 5.82 Å². The summed E-state index contributed by atoms with van der Waals surface area (Å²) < 4.78 is 40.8. The summed E-state index contributed by atoms with van der Waals surface area (Å²) in [6.45, 7) is 1.20. The van der Waals surface area contributed by atoms with Crippen molar-refractivity contribution in [2.45, 2.75) is 37.1 Å². The van der Waals surface area contributed by atoms with Crippen LogP contribution in [0.3, 0.4) is 0 Å². The van der Waals surface area contributed by atoms with E-state index in [2.05, 4.69) is 0 Å². The van der Waals surface area contributed by atoms with Gasteiger partial charge in [-0.15, -0.1) is 0 Å². The van der Waals surface area contributed by atoms with E-state index in [1.54, 1.807) is 4.31 Å². The number of hydrogen-bond acceptors (Lipinski definition) is 3. The van der Waals surface area contributed by atoms with Gasteiger partial charge >= 0.3 is 0 Å². The molecule has 0 radical (unpaired) electrons. The van der Waals surface area contributed by atoms with Gasteiger partial charge in [-0.1, -0.05) is 6.07 Å². The average molecular weight is 312 g/mol. The van der Waals surface area contributed by atoms with Crippen LogP contribution in [0.15, 0.2) is 23.1 Å². The molecule has 2 fully saturated rings. The predicted octanol–water partition coefficient (Wildman–Crippen LogP) is 2.10. The molecule has 3 rings (SSSR count). The van der Waals surface area contributed by atoms with Crippen molar-refractivity contribution in [3.63, 3.8) is 0 Å². The molecule has 0 bridgehead atoms. The standard InChI is InChI=1S/C15H21FN2O2S/c16-14-6-5-13(8-17)15(7-14)21(19,20)18(9-11-1-2-11)10-12-3-4-12/h5-7,11-12H,1-4,8-10,17H2. The van der Waals surface area contributed by atoms with E-state index in [9.17, 15) is 12.8 Å². The van der Waals surface area contributed by atoms with E-state index in [4.69, 9.17) is 5.73 Å². The van der Waals surface area contributed by atoms with Crippen molar-refractivity contribution in [1.82, 2.24) is 4.31 Å². The number of sulfonamides is 1. The van der Waals surface area contributed by atoms with Gasteiger partial charge in [0.2, 0.25) is 10.0 Å². The molecule has 4 nitrogen and oxygen atoms in total. The highest BCUT2D eigenvalue weighted by atomic mass is 32.2. The molecule has 6 heteroatoms. The van der Waals surface area contributed by atoms with Crippen molar-refractivity contribution in [3.8, 4) is 0 Å². The molecule has 0 amide bonds. The van der Waals surface area contributed by atoms with Crippen molar-refractivity contribution >= 4 is 10.0 Å². The lowest BCUT2D eigenvalue weighted by Crippen LogP contribution is -2.35. The van der Waals surface area contributed by atoms with E-state index in [-0.39, 0.29) is 11.4 Å². The van der Waals surface area contributed by atoms with Crippen molar-refractivity contribution < 1.29 is 12.8 Å². The number of rotatable bonds is 7. The molecule has 0 aliphatic heterocycles. The maximum absolute atomic E-state index is 13.5. The molecule has 0 spiro atoms. The first-order valence-electron chi connectivity index (χ1n) is 7.49. The molecule has 0 heterocycles. The Labute approximate surface area is 125 Å². The summed E-state index contributed by atoms with van der Waals surface area (Å²) in [5, 5.41) is 0. The zero-order valence-electron chi connectivity index (χ0n) is 12.0. The summed E-state index contributed by atoms with van der Waals surface area (Å²) in [4.78, 5) is 0.0336. The van der Waals surface area contributed by atoms with Crippen LogP contribution in [0.2, 0.25) is 0 Å². The summed E-state index contributed by atoms with van der Waals surface area (Å²) in [6.07, 6.45) is 4.35. The lowest BCUT2D eigenvalue weighted by molar-refractivity contribution is 0.381. The Balaban J connectivity index is 1.93. The second-order valence-electron chi connectivity index (χ2n) is 6.16. The topological polar surface area (TPSA) is 63.4 Å². The Hall–Kier alpha value is -0.980. The van der Waals surface area contributed by atoms with E-state index in [1.807, 2.05) is 0 Å². The van der Waals surface area contributed by atoms with Gasteiger partial charge in [0.25, 0.3) is 0 Å². The summed E-state index contributed by atoms with van der Waals surface area (Å²) in [5.41, 5.74) is 6.10. The smallest absolute Gasteiger partial charge is 0.243 e. The van der Waals surface area contributed by atoms with Crippen LogP contribution in [-0.4, -0.2) is 25.8 Å². The maximum Gasteiger partial charge on any atom is 0.243 e. The highest BCUT2D eigenvalue weighted by molar-refractivity contribution is 7.89. The number of nitrogens with zero attached hydrogens (tertiary/aromatic N) is 1. The summed E-state index contributed by atoms with van der Waals surface area (Å²) in [6, 6.07) is 3.83. The average Bonchev–Trinajstić information content (AvgIpc) is 3.33. The zero-order chi connectivity index (χ0) is 15.0. The number of halogens is 1. The van der Waals surface area contributed by atoms with Crippen LogP contribution in [0.4, 0.5) is 4.39 Å². The van der Waals surface area contributed by atoms with E-state index in [0.717, 1.165) is 31.7 Å². The fraction of sp³-hybridized carbons (Fsp3) is 0.600. The first kappa shape index (κ1) is 14.9. The minimum absolute atomic E-state index is 0.0336. The molecule has 2 aliphatic rings. The van der Waals surface area contributed by atoms with Gasteiger partial charge < -0.3 is 5.73 Å². The molecule has 2 saturated carbocycles. The van der Waals surface area contributed by atoms with Gasteiger partial charge in [-0.3, -0.25) is 0 Å². The zero-order valence-corrected chi connectivity index (χ0v) is 12.8. The molecule has 0 saturated heterocycles. The first-order valence-corrected chi connectivity index (χ1v) is 8.93. The van der Waals surface area contributed by atoms with Gasteiger partial charge in [-0.25, -0.2) is 12.8 Å². The molecular formula is C15H21FN2O2S. The fourth-order valence-electron chi connectivity index (χ4n) is 2.52. The quantitative estimate of drug-likeness (QED) is 0.838. The second kappa shape index (κ2) is 5.66. The van der Waals surface area contributed by atoms with Crippen LogP contribution in [0.25, 0.3) is 0 Å². The fourth-order valence-corrected chi connectivity index (χ4v) is 4.36. The van der Waals surface area contributed by atoms with Crippen molar-refractivity contribution in [1.29, 1.82) is 0 Å². The van der Waals surface area contributed by atoms with E-state index >= 15 is 0 Å². The molecular weight excluding hydrogens is 291 g/mol. The van der Waals surface area contributed by atoms with Crippen molar-refractivity contribution in [3.05, 3.63) is 29.6 Å². The minimum Gasteiger partial charge on any atom is -0.326 e. The molecule has 0 atom stereocenters. The molecule has 2 N–H and O–H groups in total. The molecule has 0 aromatic heterocycles. The second-order valence-corrected chi connectivity index (χ2v) is 8.07. The van der Waals surface area contributed by atoms with Gasteiger partial charge in [0.15, 0.2) is 0 Å². The molecule has 116 valence electrons. The molecule has 2 aliphatic carbocycles. The SMILES string of the molecule is NCc1ccc(F)cc1S(=O)(=O)N(CC1CC1)CC1CC1. The van der Waals surface area contributed by atoms with E-state index < -0.39 is 15.8 Å². The van der Waals surface area contributed by atoms with E-state index in [1.165, 1.54) is 12.1 Å². The van der Waals surface area contributed by atoms with Crippen LogP contribution in [-0.2, 0) is 16.6 Å². The normalized spacial score (nSPS) is 19.2. The molecule has 1 aromatic carbocycles. The van der Waals surface area contributed by atoms with E-state index in [0.29, 0.717) is 30.5 Å². The van der Waals surface area contributed by atoms with Gasteiger partial charge in [0, 0.05) is 19.6 Å².